The summed E-state index contributed by atoms with van der Waals surface area (Å²) < 4.78 is 75.2. The predicted octanol–water partition coefficient (Wildman–Crippen LogP) is 15.6. The summed E-state index contributed by atoms with van der Waals surface area (Å²) in [6.45, 7) is 23.0. The van der Waals surface area contributed by atoms with Crippen molar-refractivity contribution in [3.05, 3.63) is 193 Å². The van der Waals surface area contributed by atoms with E-state index in [2.05, 4.69) is 98.1 Å². The van der Waals surface area contributed by atoms with Crippen LogP contribution >= 0.6 is 0 Å². The molecule has 0 fully saturated rings. The first-order valence-corrected chi connectivity index (χ1v) is 23.6. The van der Waals surface area contributed by atoms with Gasteiger partial charge in [0.15, 0.2) is 0 Å². The molecular weight excluding hydrogens is 1040 g/mol. The van der Waals surface area contributed by atoms with Crippen molar-refractivity contribution in [1.82, 2.24) is 19.1 Å². The maximum Gasteiger partial charge on any atom is 0.269 e. The molecular formula is C63H61N5OPt-2. The van der Waals surface area contributed by atoms with Crippen LogP contribution < -0.4 is 9.30 Å². The Bertz CT molecular complexity index is 3890. The summed E-state index contributed by atoms with van der Waals surface area (Å²) in [7, 11) is 0. The molecule has 10 rings (SSSR count). The maximum atomic E-state index is 9.25. The van der Waals surface area contributed by atoms with Crippen molar-refractivity contribution < 1.29 is 40.0 Å². The number of hydrogen-bond acceptors (Lipinski definition) is 3. The van der Waals surface area contributed by atoms with Crippen LogP contribution in [0.25, 0.3) is 72.4 Å². The number of ether oxygens (including phenoxy) is 1. The minimum atomic E-state index is -1.64. The molecule has 6 nitrogen and oxygen atoms in total. The molecule has 0 amide bonds. The van der Waals surface area contributed by atoms with Crippen molar-refractivity contribution in [3.63, 3.8) is 0 Å². The van der Waals surface area contributed by atoms with E-state index in [-0.39, 0.29) is 55.5 Å². The van der Waals surface area contributed by atoms with Gasteiger partial charge in [0.05, 0.1) is 29.4 Å². The smallest absolute Gasteiger partial charge is 0.269 e. The zero-order chi connectivity index (χ0) is 54.6. The van der Waals surface area contributed by atoms with Crippen LogP contribution in [0.1, 0.15) is 114 Å². The van der Waals surface area contributed by atoms with Crippen LogP contribution in [-0.4, -0.2) is 19.1 Å². The van der Waals surface area contributed by atoms with Crippen molar-refractivity contribution in [2.75, 3.05) is 0 Å². The van der Waals surface area contributed by atoms with E-state index in [1.165, 1.54) is 0 Å². The minimum Gasteiger partial charge on any atom is -0.522 e. The molecule has 0 N–H and O–H groups in total. The first-order chi connectivity index (χ1) is 35.7. The van der Waals surface area contributed by atoms with Crippen LogP contribution in [0.3, 0.4) is 0 Å². The zero-order valence-electron chi connectivity index (χ0n) is 48.6. The number of aromatic nitrogens is 5. The van der Waals surface area contributed by atoms with Crippen LogP contribution in [0.5, 0.6) is 11.5 Å². The van der Waals surface area contributed by atoms with Crippen LogP contribution in [0.15, 0.2) is 152 Å². The monoisotopic (exact) mass is 1110 g/mol. The van der Waals surface area contributed by atoms with Crippen LogP contribution in [0.4, 0.5) is 0 Å². The van der Waals surface area contributed by atoms with Gasteiger partial charge in [0.25, 0.3) is 6.33 Å². The molecule has 10 aromatic rings. The molecule has 0 saturated carbocycles. The third-order valence-electron chi connectivity index (χ3n) is 12.4. The van der Waals surface area contributed by atoms with Crippen molar-refractivity contribution in [1.29, 1.82) is 0 Å². The number of fused-ring (bicyclic) bond motifs is 4. The number of para-hydroxylation sites is 4. The van der Waals surface area contributed by atoms with Gasteiger partial charge in [-0.1, -0.05) is 191 Å². The van der Waals surface area contributed by atoms with E-state index in [4.69, 9.17) is 21.6 Å². The molecule has 356 valence electrons. The van der Waals surface area contributed by atoms with E-state index >= 15 is 0 Å². The average molecular weight is 1110 g/mol. The fourth-order valence-electron chi connectivity index (χ4n) is 8.90. The molecule has 4 heterocycles. The number of hydrogen-bond donors (Lipinski definition) is 0. The number of nitrogens with zero attached hydrogens (tertiary/aromatic N) is 5. The van der Waals surface area contributed by atoms with Gasteiger partial charge in [0.1, 0.15) is 5.82 Å². The van der Waals surface area contributed by atoms with Gasteiger partial charge in [-0.15, -0.1) is 23.6 Å². The minimum absolute atomic E-state index is 0. The molecule has 7 heteroatoms. The third kappa shape index (κ3) is 9.51. The summed E-state index contributed by atoms with van der Waals surface area (Å²) >= 11 is 0. The van der Waals surface area contributed by atoms with Gasteiger partial charge in [-0.2, -0.15) is 12.1 Å². The Morgan fingerprint density at radius 2 is 1.36 bits per heavy atom. The van der Waals surface area contributed by atoms with E-state index in [0.717, 1.165) is 55.3 Å². The van der Waals surface area contributed by atoms with E-state index in [1.54, 1.807) is 12.3 Å². The van der Waals surface area contributed by atoms with Crippen molar-refractivity contribution >= 4 is 32.8 Å². The molecule has 6 aromatic carbocycles. The number of benzene rings is 6. The summed E-state index contributed by atoms with van der Waals surface area (Å²) in [5.41, 5.74) is 8.24. The second kappa shape index (κ2) is 18.6. The quantitative estimate of drug-likeness (QED) is 0.107. The second-order valence-electron chi connectivity index (χ2n) is 21.2. The summed E-state index contributed by atoms with van der Waals surface area (Å²) in [6.07, 6.45) is 3.66. The van der Waals surface area contributed by atoms with Gasteiger partial charge >= 0.3 is 0 Å². The van der Waals surface area contributed by atoms with E-state index in [9.17, 15) is 2.74 Å². The molecule has 0 aliphatic rings. The van der Waals surface area contributed by atoms with Gasteiger partial charge in [0, 0.05) is 41.3 Å². The van der Waals surface area contributed by atoms with Crippen LogP contribution in [-0.2, 0) is 38.3 Å². The number of rotatable bonds is 9. The zero-order valence-corrected chi connectivity index (χ0v) is 43.9. The molecule has 0 atom stereocenters. The van der Waals surface area contributed by atoms with Gasteiger partial charge in [-0.25, -0.2) is 4.98 Å². The third-order valence-corrected chi connectivity index (χ3v) is 12.4. The molecule has 0 bridgehead atoms. The molecule has 0 aliphatic carbocycles. The van der Waals surface area contributed by atoms with Crippen molar-refractivity contribution in [2.45, 2.75) is 99.3 Å². The molecule has 4 aromatic heterocycles. The molecule has 0 aliphatic heterocycles. The fraction of sp³-hybridized carbons (Fsp3) is 0.254. The van der Waals surface area contributed by atoms with Crippen LogP contribution in [0, 0.1) is 23.9 Å². The Morgan fingerprint density at radius 1 is 0.686 bits per heavy atom. The first kappa shape index (κ1) is 40.1. The Balaban J connectivity index is 0.00000722. The Morgan fingerprint density at radius 3 is 2.04 bits per heavy atom. The van der Waals surface area contributed by atoms with Gasteiger partial charge < -0.3 is 9.30 Å². The molecule has 70 heavy (non-hydrogen) atoms. The van der Waals surface area contributed by atoms with E-state index in [1.807, 2.05) is 119 Å². The summed E-state index contributed by atoms with van der Waals surface area (Å²) in [6, 6.07) is 42.7. The molecule has 0 spiro atoms. The second-order valence-corrected chi connectivity index (χ2v) is 21.2. The van der Waals surface area contributed by atoms with E-state index < -0.39 is 29.9 Å². The predicted molar refractivity (Wildman–Crippen MR) is 283 cm³/mol. The Kier molecular flexibility index (Phi) is 10.7. The Labute approximate surface area is 438 Å². The van der Waals surface area contributed by atoms with Gasteiger partial charge in [-0.05, 0) is 103 Å². The Hall–Kier alpha value is -6.62. The van der Waals surface area contributed by atoms with Crippen molar-refractivity contribution in [3.8, 4) is 51.1 Å². The normalized spacial score (nSPS) is 13.9. The summed E-state index contributed by atoms with van der Waals surface area (Å²) in [5, 5.41) is 1.92. The number of pyridine rings is 2. The van der Waals surface area contributed by atoms with E-state index in [0.29, 0.717) is 45.5 Å². The van der Waals surface area contributed by atoms with Gasteiger partial charge in [-0.3, -0.25) is 14.1 Å². The largest absolute Gasteiger partial charge is 0.522 e. The molecule has 0 saturated heterocycles. The topological polar surface area (TPSA) is 48.8 Å². The first-order valence-electron chi connectivity index (χ1n) is 27.1. The standard InChI is InChI=1S/C63H61N5O.Pt/c1-41(2)53-36-48(69-47-28-29-52-51-22-15-16-25-54(51)68(57(52)37-47)58-32-42(30-31-64-58)39-61(3,4)5)38-59(65-53)66-40-67(56-27-18-17-26-55(56)66)60-49(43-20-13-12-14-21-43)23-19-24-50(60)44-33-45(62(6,7)8)35-46(34-44)63(9,10)11;/h12-36,41H,39H2,1-11H3;/q-2;/i12D,13D,14D,20D,21D,39D2;. The van der Waals surface area contributed by atoms with Gasteiger partial charge in [0.2, 0.25) is 0 Å². The summed E-state index contributed by atoms with van der Waals surface area (Å²) in [5.74, 6) is 1.72. The molecule has 0 unspecified atom stereocenters. The number of imidazole rings is 1. The molecule has 0 radical (unpaired) electrons. The SMILES string of the molecule is [2H]c1c([2H])c([2H])c(-c2cccc(-c3cc(C(C)(C)C)cc(C(C)(C)C)c3)c2-[n+]2[c-]n(-c3[c-]c(Oc4[c-]c5c(cc4)c4ccccc4n5-c4cc(C([2H])([2H])C(C)(C)C)ccn4)cc(C(C)C)n3)c3ccccc32)c([2H])c1[2H].[Pt]. The maximum absolute atomic E-state index is 9.25. The van der Waals surface area contributed by atoms with Crippen molar-refractivity contribution in [2.24, 2.45) is 5.41 Å². The average Bonchev–Trinajstić information content (AvgIpc) is 4.00. The fourth-order valence-corrected chi connectivity index (χ4v) is 8.90. The van der Waals surface area contributed by atoms with Crippen LogP contribution in [0.2, 0.25) is 0 Å². The summed E-state index contributed by atoms with van der Waals surface area (Å²) in [4.78, 5) is 9.96.